The number of nitrogens with zero attached hydrogens (tertiary/aromatic N) is 1. The molecule has 1 aromatic rings. The van der Waals surface area contributed by atoms with Gasteiger partial charge in [-0.1, -0.05) is 28.1 Å². The molecule has 0 amide bonds. The Morgan fingerprint density at radius 2 is 2.07 bits per heavy atom. The van der Waals surface area contributed by atoms with Gasteiger partial charge in [0.05, 0.1) is 0 Å². The molecule has 2 rings (SSSR count). The van der Waals surface area contributed by atoms with Crippen LogP contribution in [0.25, 0.3) is 0 Å². The Balaban J connectivity index is 2.46. The lowest BCUT2D eigenvalue weighted by atomic mass is 9.86. The molecule has 0 N–H and O–H groups in total. The molecule has 1 aromatic carbocycles. The Morgan fingerprint density at radius 3 is 2.79 bits per heavy atom. The monoisotopic (exact) mass is 253 g/mol. The molecule has 1 aliphatic rings. The van der Waals surface area contributed by atoms with E-state index in [-0.39, 0.29) is 5.54 Å². The lowest BCUT2D eigenvalue weighted by Crippen LogP contribution is -2.45. The van der Waals surface area contributed by atoms with Crippen molar-refractivity contribution in [3.8, 4) is 0 Å². The Hall–Kier alpha value is -0.340. The summed E-state index contributed by atoms with van der Waals surface area (Å²) in [6.45, 7) is 5.66. The van der Waals surface area contributed by atoms with Gasteiger partial charge >= 0.3 is 0 Å². The van der Waals surface area contributed by atoms with Gasteiger partial charge in [0.15, 0.2) is 0 Å². The van der Waals surface area contributed by atoms with Gasteiger partial charge in [0, 0.05) is 16.6 Å². The summed E-state index contributed by atoms with van der Waals surface area (Å²) in [5, 5.41) is 0. The minimum Gasteiger partial charge on any atom is -0.297 e. The summed E-state index contributed by atoms with van der Waals surface area (Å²) >= 11 is 3.64. The Bertz CT molecular complexity index is 357. The maximum atomic E-state index is 3.64. The van der Waals surface area contributed by atoms with Gasteiger partial charge in [-0.3, -0.25) is 4.90 Å². The van der Waals surface area contributed by atoms with Crippen molar-refractivity contribution in [3.63, 3.8) is 0 Å². The third-order valence-electron chi connectivity index (χ3n) is 3.27. The van der Waals surface area contributed by atoms with E-state index in [9.17, 15) is 0 Å². The molecule has 0 fully saturated rings. The summed E-state index contributed by atoms with van der Waals surface area (Å²) in [5.41, 5.74) is 3.22. The second kappa shape index (κ2) is 3.35. The van der Waals surface area contributed by atoms with Gasteiger partial charge in [-0.25, -0.2) is 0 Å². The lowest BCUT2D eigenvalue weighted by Gasteiger charge is -2.41. The molecule has 0 aliphatic carbocycles. The van der Waals surface area contributed by atoms with Crippen LogP contribution in [-0.2, 0) is 13.0 Å². The number of fused-ring (bicyclic) bond motifs is 1. The molecular formula is C12H16BrN. The summed E-state index contributed by atoms with van der Waals surface area (Å²) in [6, 6.07) is 6.49. The molecule has 76 valence electrons. The zero-order valence-corrected chi connectivity index (χ0v) is 10.6. The highest BCUT2D eigenvalue weighted by Crippen LogP contribution is 2.33. The van der Waals surface area contributed by atoms with Crippen molar-refractivity contribution in [2.45, 2.75) is 32.4 Å². The van der Waals surface area contributed by atoms with Gasteiger partial charge in [-0.05, 0) is 44.5 Å². The largest absolute Gasteiger partial charge is 0.297 e. The zero-order chi connectivity index (χ0) is 10.3. The molecule has 14 heavy (non-hydrogen) atoms. The van der Waals surface area contributed by atoms with E-state index in [1.807, 2.05) is 0 Å². The van der Waals surface area contributed by atoms with Crippen LogP contribution in [0.5, 0.6) is 0 Å². The van der Waals surface area contributed by atoms with Crippen LogP contribution in [0.15, 0.2) is 22.7 Å². The fourth-order valence-electron chi connectivity index (χ4n) is 1.99. The van der Waals surface area contributed by atoms with Crippen molar-refractivity contribution in [2.75, 3.05) is 7.05 Å². The average molecular weight is 254 g/mol. The summed E-state index contributed by atoms with van der Waals surface area (Å²) in [5.74, 6) is 0. The predicted molar refractivity (Wildman–Crippen MR) is 63.4 cm³/mol. The smallest absolute Gasteiger partial charge is 0.0239 e. The summed E-state index contributed by atoms with van der Waals surface area (Å²) in [7, 11) is 2.20. The minimum atomic E-state index is 0.275. The predicted octanol–water partition coefficient (Wildman–Crippen LogP) is 3.22. The van der Waals surface area contributed by atoms with E-state index in [4.69, 9.17) is 0 Å². The Kier molecular flexibility index (Phi) is 2.44. The van der Waals surface area contributed by atoms with Crippen molar-refractivity contribution in [1.29, 1.82) is 0 Å². The van der Waals surface area contributed by atoms with Gasteiger partial charge in [-0.2, -0.15) is 0 Å². The Morgan fingerprint density at radius 1 is 1.36 bits per heavy atom. The van der Waals surface area contributed by atoms with Crippen LogP contribution in [0.1, 0.15) is 25.0 Å². The van der Waals surface area contributed by atoms with Crippen molar-refractivity contribution >= 4 is 15.9 Å². The minimum absolute atomic E-state index is 0.275. The molecule has 0 unspecified atom stereocenters. The van der Waals surface area contributed by atoms with Crippen LogP contribution >= 0.6 is 15.9 Å². The van der Waals surface area contributed by atoms with Crippen LogP contribution in [0.2, 0.25) is 0 Å². The average Bonchev–Trinajstić information content (AvgIpc) is 2.09. The number of likely N-dealkylation sites (N-methyl/N-ethyl adjacent to an activating group) is 1. The second-order valence-electron chi connectivity index (χ2n) is 4.72. The van der Waals surface area contributed by atoms with Crippen molar-refractivity contribution < 1.29 is 0 Å². The molecule has 0 aromatic heterocycles. The zero-order valence-electron chi connectivity index (χ0n) is 8.97. The van der Waals surface area contributed by atoms with Crippen LogP contribution in [0.3, 0.4) is 0 Å². The first-order chi connectivity index (χ1) is 6.50. The third kappa shape index (κ3) is 1.61. The van der Waals surface area contributed by atoms with Crippen molar-refractivity contribution in [3.05, 3.63) is 33.8 Å². The molecule has 0 atom stereocenters. The summed E-state index contributed by atoms with van der Waals surface area (Å²) < 4.78 is 1.26. The fourth-order valence-corrected chi connectivity index (χ4v) is 2.53. The topological polar surface area (TPSA) is 3.24 Å². The maximum Gasteiger partial charge on any atom is 0.0239 e. The highest BCUT2D eigenvalue weighted by Gasteiger charge is 2.30. The second-order valence-corrected chi connectivity index (χ2v) is 5.58. The van der Waals surface area contributed by atoms with E-state index in [2.05, 4.69) is 59.9 Å². The number of benzene rings is 1. The normalized spacial score (nSPS) is 20.6. The van der Waals surface area contributed by atoms with E-state index >= 15 is 0 Å². The van der Waals surface area contributed by atoms with Crippen LogP contribution in [0.4, 0.5) is 0 Å². The molecule has 0 radical (unpaired) electrons. The van der Waals surface area contributed by atoms with Gasteiger partial charge in [0.25, 0.3) is 0 Å². The molecular weight excluding hydrogens is 238 g/mol. The van der Waals surface area contributed by atoms with E-state index in [0.29, 0.717) is 0 Å². The SMILES string of the molecule is CN1Cc2cccc(Br)c2CC1(C)C. The number of halogens is 1. The van der Waals surface area contributed by atoms with E-state index in [1.54, 1.807) is 0 Å². The highest BCUT2D eigenvalue weighted by molar-refractivity contribution is 9.10. The van der Waals surface area contributed by atoms with E-state index in [1.165, 1.54) is 15.6 Å². The number of rotatable bonds is 0. The Labute approximate surface area is 94.2 Å². The molecule has 0 bridgehead atoms. The molecule has 2 heteroatoms. The molecule has 0 saturated carbocycles. The fraction of sp³-hybridized carbons (Fsp3) is 0.500. The summed E-state index contributed by atoms with van der Waals surface area (Å²) in [6.07, 6.45) is 1.13. The van der Waals surface area contributed by atoms with Crippen molar-refractivity contribution in [2.24, 2.45) is 0 Å². The molecule has 1 heterocycles. The molecule has 1 aliphatic heterocycles. The quantitative estimate of drug-likeness (QED) is 0.687. The molecule has 0 spiro atoms. The molecule has 1 nitrogen and oxygen atoms in total. The maximum absolute atomic E-state index is 3.64. The van der Waals surface area contributed by atoms with E-state index < -0.39 is 0 Å². The lowest BCUT2D eigenvalue weighted by molar-refractivity contribution is 0.132. The van der Waals surface area contributed by atoms with Gasteiger partial charge < -0.3 is 0 Å². The number of hydrogen-bond donors (Lipinski definition) is 0. The van der Waals surface area contributed by atoms with Crippen LogP contribution in [0, 0.1) is 0 Å². The van der Waals surface area contributed by atoms with Gasteiger partial charge in [0.1, 0.15) is 0 Å². The molecule has 0 saturated heterocycles. The van der Waals surface area contributed by atoms with Gasteiger partial charge in [0.2, 0.25) is 0 Å². The summed E-state index contributed by atoms with van der Waals surface area (Å²) in [4.78, 5) is 2.42. The number of hydrogen-bond acceptors (Lipinski definition) is 1. The van der Waals surface area contributed by atoms with Gasteiger partial charge in [-0.15, -0.1) is 0 Å². The highest BCUT2D eigenvalue weighted by atomic mass is 79.9. The van der Waals surface area contributed by atoms with Crippen LogP contribution < -0.4 is 0 Å². The van der Waals surface area contributed by atoms with E-state index in [0.717, 1.165) is 13.0 Å². The van der Waals surface area contributed by atoms with Crippen molar-refractivity contribution in [1.82, 2.24) is 4.90 Å². The third-order valence-corrected chi connectivity index (χ3v) is 4.01. The standard InChI is InChI=1S/C12H16BrN/c1-12(2)7-10-9(8-14(12)3)5-4-6-11(10)13/h4-6H,7-8H2,1-3H3. The first kappa shape index (κ1) is 10.2. The first-order valence-corrected chi connectivity index (χ1v) is 5.77. The van der Waals surface area contributed by atoms with Crippen LogP contribution in [-0.4, -0.2) is 17.5 Å². The first-order valence-electron chi connectivity index (χ1n) is 4.98.